The van der Waals surface area contributed by atoms with Gasteiger partial charge in [-0.05, 0) is 30.6 Å². The summed E-state index contributed by atoms with van der Waals surface area (Å²) in [6.45, 7) is 7.69. The van der Waals surface area contributed by atoms with Gasteiger partial charge in [-0.15, -0.1) is 14.5 Å². The molecular formula is C18H34N4O3S2. The third-order valence-electron chi connectivity index (χ3n) is 3.72. The van der Waals surface area contributed by atoms with Crippen molar-refractivity contribution in [1.82, 2.24) is 20.9 Å². The predicted octanol–water partition coefficient (Wildman–Crippen LogP) is 0.297. The van der Waals surface area contributed by atoms with Crippen LogP contribution in [0.1, 0.15) is 46.0 Å². The van der Waals surface area contributed by atoms with E-state index in [1.165, 1.54) is 0 Å². The molecule has 0 bridgehead atoms. The van der Waals surface area contributed by atoms with Gasteiger partial charge in [-0.1, -0.05) is 13.8 Å². The van der Waals surface area contributed by atoms with E-state index < -0.39 is 8.86 Å². The Labute approximate surface area is 169 Å². The molecule has 0 rings (SSSR count). The van der Waals surface area contributed by atoms with Gasteiger partial charge in [0.2, 0.25) is 17.7 Å². The van der Waals surface area contributed by atoms with Crippen LogP contribution in [0.5, 0.6) is 0 Å². The zero-order valence-corrected chi connectivity index (χ0v) is 18.2. The molecule has 0 atom stereocenters. The Hall–Kier alpha value is -1.41. The Morgan fingerprint density at radius 3 is 1.74 bits per heavy atom. The van der Waals surface area contributed by atoms with Crippen molar-refractivity contribution < 1.29 is 14.4 Å². The van der Waals surface area contributed by atoms with Crippen molar-refractivity contribution in [2.24, 2.45) is 0 Å². The number of carbonyl (C=O) groups excluding carboxylic acids is 3. The van der Waals surface area contributed by atoms with Crippen LogP contribution < -0.4 is 16.0 Å². The zero-order chi connectivity index (χ0) is 20.5. The Kier molecular flexibility index (Phi) is 15.9. The normalized spacial score (nSPS) is 10.4. The Balaban J connectivity index is 3.93. The average Bonchev–Trinajstić information content (AvgIpc) is 2.63. The fourth-order valence-corrected chi connectivity index (χ4v) is 2.93. The summed E-state index contributed by atoms with van der Waals surface area (Å²) in [5.74, 6) is 0.384. The summed E-state index contributed by atoms with van der Waals surface area (Å²) in [5.41, 5.74) is 5.45. The summed E-state index contributed by atoms with van der Waals surface area (Å²) < 4.78 is 0. The van der Waals surface area contributed by atoms with Crippen LogP contribution in [0, 0.1) is 5.69 Å². The first-order valence-electron chi connectivity index (χ1n) is 9.54. The topological polar surface area (TPSA) is 90.5 Å². The van der Waals surface area contributed by atoms with Crippen LogP contribution in [-0.2, 0) is 34.4 Å². The second kappa shape index (κ2) is 16.7. The van der Waals surface area contributed by atoms with E-state index in [4.69, 9.17) is 16.9 Å². The van der Waals surface area contributed by atoms with Crippen molar-refractivity contribution in [3.63, 3.8) is 0 Å². The summed E-state index contributed by atoms with van der Waals surface area (Å²) in [6, 6.07) is 0. The number of nitrogens with zero attached hydrogens (tertiary/aromatic N) is 1. The van der Waals surface area contributed by atoms with Crippen LogP contribution in [0.25, 0.3) is 0 Å². The van der Waals surface area contributed by atoms with Gasteiger partial charge >= 0.3 is 0 Å². The molecule has 3 amide bonds. The van der Waals surface area contributed by atoms with Crippen molar-refractivity contribution in [3.8, 4) is 5.69 Å². The molecule has 0 radical (unpaired) electrons. The van der Waals surface area contributed by atoms with Gasteiger partial charge in [0.25, 0.3) is 0 Å². The van der Waals surface area contributed by atoms with Crippen molar-refractivity contribution in [2.45, 2.75) is 46.0 Å². The van der Waals surface area contributed by atoms with Crippen molar-refractivity contribution in [2.75, 3.05) is 45.0 Å². The van der Waals surface area contributed by atoms with Crippen LogP contribution in [0.3, 0.4) is 0 Å². The number of carbonyl (C=O) groups is 3. The monoisotopic (exact) mass is 418 g/mol. The summed E-state index contributed by atoms with van der Waals surface area (Å²) in [5, 5.41) is 8.37. The van der Waals surface area contributed by atoms with Gasteiger partial charge in [0.1, 0.15) is 0 Å². The van der Waals surface area contributed by atoms with Crippen LogP contribution in [0.4, 0.5) is 0 Å². The zero-order valence-electron chi connectivity index (χ0n) is 16.6. The number of hydrogen-bond acceptors (Lipinski definition) is 5. The Morgan fingerprint density at radius 2 is 1.30 bits per heavy atom. The van der Waals surface area contributed by atoms with Gasteiger partial charge in [-0.2, -0.15) is 0 Å². The molecule has 0 aromatic heterocycles. The number of amides is 3. The lowest BCUT2D eigenvalue weighted by Gasteiger charge is -2.21. The van der Waals surface area contributed by atoms with Crippen molar-refractivity contribution in [3.05, 3.63) is 0 Å². The van der Waals surface area contributed by atoms with E-state index >= 15 is 0 Å². The molecule has 0 aliphatic carbocycles. The van der Waals surface area contributed by atoms with Crippen LogP contribution in [-0.4, -0.2) is 67.6 Å². The molecule has 156 valence electrons. The first-order valence-corrected chi connectivity index (χ1v) is 11.9. The molecule has 7 nitrogen and oxygen atoms in total. The van der Waals surface area contributed by atoms with E-state index in [0.717, 1.165) is 19.4 Å². The largest absolute Gasteiger partial charge is 0.356 e. The molecular weight excluding hydrogens is 384 g/mol. The lowest BCUT2D eigenvalue weighted by atomic mass is 10.3. The van der Waals surface area contributed by atoms with E-state index in [2.05, 4.69) is 27.8 Å². The van der Waals surface area contributed by atoms with Crippen LogP contribution in [0.2, 0.25) is 0 Å². The van der Waals surface area contributed by atoms with Crippen molar-refractivity contribution >= 4 is 37.8 Å². The third-order valence-corrected chi connectivity index (χ3v) is 4.83. The molecule has 0 unspecified atom stereocenters. The van der Waals surface area contributed by atoms with E-state index in [1.807, 2.05) is 6.92 Å². The summed E-state index contributed by atoms with van der Waals surface area (Å²) in [4.78, 5) is 37.3. The molecule has 27 heavy (non-hydrogen) atoms. The standard InChI is InChI=1S/C18H34N4O3S2/c1-4-9-19-16(23)6-13-22(12-5-2)14-7-17(24)20-10-11-21-18(25)8-15-27(3)26/h3H,4-15H2,1-2H3,(H,19,23)(H,20,24)(H,21,25). The third kappa shape index (κ3) is 16.5. The summed E-state index contributed by atoms with van der Waals surface area (Å²) >= 11 is 4.83. The highest BCUT2D eigenvalue weighted by Crippen LogP contribution is 1.97. The summed E-state index contributed by atoms with van der Waals surface area (Å²) in [7, 11) is -0.644. The highest BCUT2D eigenvalue weighted by atomic mass is 32.8. The smallest absolute Gasteiger partial charge is 0.221 e. The number of nitrogens with one attached hydrogen (secondary N) is 3. The van der Waals surface area contributed by atoms with Crippen LogP contribution >= 0.6 is 0 Å². The fourth-order valence-electron chi connectivity index (χ4n) is 2.30. The molecule has 0 spiro atoms. The SMILES string of the molecule is C#S(=S)CCC(=O)NCCNC(=O)CCN(CCC)CCC(=O)NCCC. The predicted molar refractivity (Wildman–Crippen MR) is 114 cm³/mol. The first kappa shape index (κ1) is 25.6. The second-order valence-electron chi connectivity index (χ2n) is 6.23. The maximum atomic E-state index is 11.9. The molecule has 3 N–H and O–H groups in total. The molecule has 0 aromatic carbocycles. The number of hydrogen-bond donors (Lipinski definition) is 3. The molecule has 0 saturated carbocycles. The summed E-state index contributed by atoms with van der Waals surface area (Å²) in [6.07, 6.45) is 3.03. The highest BCUT2D eigenvalue weighted by molar-refractivity contribution is 8.22. The molecule has 9 heteroatoms. The quantitative estimate of drug-likeness (QED) is 0.333. The van der Waals surface area contributed by atoms with Gasteiger partial charge in [0, 0.05) is 57.7 Å². The van der Waals surface area contributed by atoms with E-state index in [-0.39, 0.29) is 17.7 Å². The molecule has 0 heterocycles. The minimum absolute atomic E-state index is 0.0516. The van der Waals surface area contributed by atoms with Crippen molar-refractivity contribution in [1.29, 1.82) is 0 Å². The maximum absolute atomic E-state index is 11.9. The molecule has 0 aliphatic rings. The number of rotatable bonds is 15. The molecule has 0 aliphatic heterocycles. The molecule has 0 saturated heterocycles. The molecule has 0 aromatic rings. The Morgan fingerprint density at radius 1 is 0.815 bits per heavy atom. The minimum atomic E-state index is -0.644. The maximum Gasteiger partial charge on any atom is 0.221 e. The van der Waals surface area contributed by atoms with E-state index in [0.29, 0.717) is 57.7 Å². The lowest BCUT2D eigenvalue weighted by Crippen LogP contribution is -2.37. The highest BCUT2D eigenvalue weighted by Gasteiger charge is 2.10. The fraction of sp³-hybridized carbons (Fsp3) is 0.778. The minimum Gasteiger partial charge on any atom is -0.356 e. The first-order chi connectivity index (χ1) is 12.9. The molecule has 0 fully saturated rings. The van der Waals surface area contributed by atoms with Gasteiger partial charge in [0.05, 0.1) is 0 Å². The van der Waals surface area contributed by atoms with Gasteiger partial charge in [0.15, 0.2) is 0 Å². The Bertz CT molecular complexity index is 578. The van der Waals surface area contributed by atoms with E-state index in [9.17, 15) is 14.4 Å². The van der Waals surface area contributed by atoms with Gasteiger partial charge in [-0.25, -0.2) is 0 Å². The second-order valence-corrected chi connectivity index (χ2v) is 8.68. The average molecular weight is 419 g/mol. The lowest BCUT2D eigenvalue weighted by molar-refractivity contribution is -0.123. The van der Waals surface area contributed by atoms with Gasteiger partial charge in [-0.3, -0.25) is 14.4 Å². The van der Waals surface area contributed by atoms with E-state index in [1.54, 1.807) is 0 Å². The van der Waals surface area contributed by atoms with Crippen LogP contribution in [0.15, 0.2) is 0 Å². The van der Waals surface area contributed by atoms with Gasteiger partial charge < -0.3 is 20.9 Å².